The van der Waals surface area contributed by atoms with Crippen LogP contribution in [-0.2, 0) is 4.74 Å². The van der Waals surface area contributed by atoms with Crippen molar-refractivity contribution in [3.63, 3.8) is 0 Å². The van der Waals surface area contributed by atoms with Crippen LogP contribution in [0.4, 0.5) is 0 Å². The number of benzene rings is 1. The lowest BCUT2D eigenvalue weighted by Crippen LogP contribution is -2.31. The van der Waals surface area contributed by atoms with Gasteiger partial charge in [0.05, 0.1) is 26.9 Å². The summed E-state index contributed by atoms with van der Waals surface area (Å²) in [6, 6.07) is 6.78. The summed E-state index contributed by atoms with van der Waals surface area (Å²) >= 11 is 0. The molecule has 0 fully saturated rings. The molecule has 25 heavy (non-hydrogen) atoms. The van der Waals surface area contributed by atoms with Gasteiger partial charge in [0.2, 0.25) is 11.6 Å². The van der Waals surface area contributed by atoms with E-state index in [1.807, 2.05) is 13.0 Å². The van der Waals surface area contributed by atoms with Gasteiger partial charge in [-0.05, 0) is 25.1 Å². The van der Waals surface area contributed by atoms with E-state index < -0.39 is 5.97 Å². The van der Waals surface area contributed by atoms with E-state index in [-0.39, 0.29) is 12.2 Å². The third-order valence-electron chi connectivity index (χ3n) is 3.94. The van der Waals surface area contributed by atoms with Crippen molar-refractivity contribution in [2.45, 2.75) is 19.1 Å². The summed E-state index contributed by atoms with van der Waals surface area (Å²) in [6.07, 6.45) is 1.02. The Morgan fingerprint density at radius 3 is 2.52 bits per heavy atom. The van der Waals surface area contributed by atoms with E-state index in [2.05, 4.69) is 4.98 Å². The van der Waals surface area contributed by atoms with E-state index in [0.717, 1.165) is 5.56 Å². The smallest absolute Gasteiger partial charge is 0.338 e. The van der Waals surface area contributed by atoms with E-state index in [0.29, 0.717) is 28.7 Å². The Morgan fingerprint density at radius 2 is 1.92 bits per heavy atom. The SMILES string of the molecule is COC(=O)c1cc(OC)c2c(c1)OC(C)C(c1ccc(OC)nc1)O2. The molecule has 132 valence electrons. The molecule has 3 rings (SSSR count). The van der Waals surface area contributed by atoms with Gasteiger partial charge in [0.15, 0.2) is 17.6 Å². The van der Waals surface area contributed by atoms with E-state index in [1.54, 1.807) is 31.5 Å². The largest absolute Gasteiger partial charge is 0.493 e. The molecule has 1 aromatic heterocycles. The summed E-state index contributed by atoms with van der Waals surface area (Å²) in [5.41, 5.74) is 1.18. The van der Waals surface area contributed by atoms with Crippen molar-refractivity contribution in [3.8, 4) is 23.1 Å². The fraction of sp³-hybridized carbons (Fsp3) is 0.333. The molecule has 7 heteroatoms. The first-order chi connectivity index (χ1) is 12.1. The summed E-state index contributed by atoms with van der Waals surface area (Å²) < 4.78 is 27.3. The quantitative estimate of drug-likeness (QED) is 0.789. The van der Waals surface area contributed by atoms with E-state index in [4.69, 9.17) is 23.7 Å². The highest BCUT2D eigenvalue weighted by Crippen LogP contribution is 2.46. The minimum Gasteiger partial charge on any atom is -0.493 e. The number of carbonyl (C=O) groups is 1. The topological polar surface area (TPSA) is 76.1 Å². The molecular formula is C18H19NO6. The molecule has 2 aromatic rings. The highest BCUT2D eigenvalue weighted by Gasteiger charge is 2.33. The van der Waals surface area contributed by atoms with Crippen molar-refractivity contribution in [2.24, 2.45) is 0 Å². The Morgan fingerprint density at radius 1 is 1.12 bits per heavy atom. The van der Waals surface area contributed by atoms with Crippen LogP contribution in [0.2, 0.25) is 0 Å². The van der Waals surface area contributed by atoms with Crippen molar-refractivity contribution < 1.29 is 28.5 Å². The Kier molecular flexibility index (Phi) is 4.65. The standard InChI is InChI=1S/C18H19NO6/c1-10-16(11-5-6-15(22-3)19-9-11)25-17-13(21-2)7-12(18(20)23-4)8-14(17)24-10/h5-10,16H,1-4H3. The summed E-state index contributed by atoms with van der Waals surface area (Å²) in [5.74, 6) is 1.32. The Labute approximate surface area is 145 Å². The minimum absolute atomic E-state index is 0.291. The number of pyridine rings is 1. The zero-order valence-corrected chi connectivity index (χ0v) is 14.4. The maximum atomic E-state index is 11.8. The van der Waals surface area contributed by atoms with Crippen LogP contribution >= 0.6 is 0 Å². The van der Waals surface area contributed by atoms with Crippen LogP contribution in [-0.4, -0.2) is 38.4 Å². The molecular weight excluding hydrogens is 326 g/mol. The molecule has 1 aromatic carbocycles. The van der Waals surface area contributed by atoms with Gasteiger partial charge in [-0.1, -0.05) is 0 Å². The molecule has 0 aliphatic carbocycles. The zero-order valence-electron chi connectivity index (χ0n) is 14.4. The van der Waals surface area contributed by atoms with Gasteiger partial charge in [-0.25, -0.2) is 9.78 Å². The molecule has 0 spiro atoms. The number of esters is 1. The molecule has 0 bridgehead atoms. The first kappa shape index (κ1) is 16.9. The van der Waals surface area contributed by atoms with Gasteiger partial charge < -0.3 is 23.7 Å². The van der Waals surface area contributed by atoms with Crippen LogP contribution in [0.15, 0.2) is 30.5 Å². The van der Waals surface area contributed by atoms with E-state index in [1.165, 1.54) is 14.2 Å². The minimum atomic E-state index is -0.473. The van der Waals surface area contributed by atoms with Gasteiger partial charge in [-0.2, -0.15) is 0 Å². The molecule has 0 saturated carbocycles. The van der Waals surface area contributed by atoms with Gasteiger partial charge >= 0.3 is 5.97 Å². The second kappa shape index (κ2) is 6.88. The summed E-state index contributed by atoms with van der Waals surface area (Å²) in [7, 11) is 4.38. The van der Waals surface area contributed by atoms with Crippen LogP contribution in [0.1, 0.15) is 28.9 Å². The van der Waals surface area contributed by atoms with Crippen molar-refractivity contribution in [2.75, 3.05) is 21.3 Å². The van der Waals surface area contributed by atoms with Crippen molar-refractivity contribution in [1.29, 1.82) is 0 Å². The second-order valence-corrected chi connectivity index (χ2v) is 5.49. The first-order valence-corrected chi connectivity index (χ1v) is 7.71. The molecule has 1 aliphatic rings. The molecule has 7 nitrogen and oxygen atoms in total. The molecule has 0 saturated heterocycles. The zero-order chi connectivity index (χ0) is 18.0. The number of ether oxygens (including phenoxy) is 5. The molecule has 2 atom stereocenters. The Hall–Kier alpha value is -2.96. The maximum absolute atomic E-state index is 11.8. The maximum Gasteiger partial charge on any atom is 0.338 e. The van der Waals surface area contributed by atoms with Crippen LogP contribution in [0.5, 0.6) is 23.1 Å². The van der Waals surface area contributed by atoms with E-state index in [9.17, 15) is 4.79 Å². The summed E-state index contributed by atoms with van der Waals surface area (Å²) in [6.45, 7) is 1.88. The molecule has 2 unspecified atom stereocenters. The fourth-order valence-electron chi connectivity index (χ4n) is 2.67. The number of aromatic nitrogens is 1. The lowest BCUT2D eigenvalue weighted by Gasteiger charge is -2.33. The molecule has 1 aliphatic heterocycles. The van der Waals surface area contributed by atoms with Crippen LogP contribution in [0.25, 0.3) is 0 Å². The van der Waals surface area contributed by atoms with Gasteiger partial charge in [0, 0.05) is 17.8 Å². The Balaban J connectivity index is 1.96. The van der Waals surface area contributed by atoms with E-state index >= 15 is 0 Å². The van der Waals surface area contributed by atoms with Crippen LogP contribution < -0.4 is 18.9 Å². The number of hydrogen-bond acceptors (Lipinski definition) is 7. The van der Waals surface area contributed by atoms with Crippen LogP contribution in [0.3, 0.4) is 0 Å². The third-order valence-corrected chi connectivity index (χ3v) is 3.94. The van der Waals surface area contributed by atoms with Crippen molar-refractivity contribution in [3.05, 3.63) is 41.6 Å². The first-order valence-electron chi connectivity index (χ1n) is 7.71. The monoisotopic (exact) mass is 345 g/mol. The number of rotatable bonds is 4. The number of methoxy groups -OCH3 is 3. The predicted octanol–water partition coefficient (Wildman–Crippen LogP) is 2.79. The molecule has 0 amide bonds. The number of carbonyl (C=O) groups excluding carboxylic acids is 1. The molecule has 2 heterocycles. The van der Waals surface area contributed by atoms with Crippen molar-refractivity contribution >= 4 is 5.97 Å². The average molecular weight is 345 g/mol. The highest BCUT2D eigenvalue weighted by molar-refractivity contribution is 5.91. The predicted molar refractivity (Wildman–Crippen MR) is 88.6 cm³/mol. The van der Waals surface area contributed by atoms with Gasteiger partial charge in [0.25, 0.3) is 0 Å². The normalized spacial score (nSPS) is 18.4. The van der Waals surface area contributed by atoms with Gasteiger partial charge in [0.1, 0.15) is 6.10 Å². The fourth-order valence-corrected chi connectivity index (χ4v) is 2.67. The van der Waals surface area contributed by atoms with Gasteiger partial charge in [-0.3, -0.25) is 0 Å². The summed E-state index contributed by atoms with van der Waals surface area (Å²) in [4.78, 5) is 16.0. The van der Waals surface area contributed by atoms with Gasteiger partial charge in [-0.15, -0.1) is 0 Å². The second-order valence-electron chi connectivity index (χ2n) is 5.49. The number of hydrogen-bond donors (Lipinski definition) is 0. The van der Waals surface area contributed by atoms with Crippen molar-refractivity contribution in [1.82, 2.24) is 4.98 Å². The lowest BCUT2D eigenvalue weighted by atomic mass is 10.0. The average Bonchev–Trinajstić information content (AvgIpc) is 2.65. The van der Waals surface area contributed by atoms with Crippen LogP contribution in [0, 0.1) is 0 Å². The summed E-state index contributed by atoms with van der Waals surface area (Å²) in [5, 5.41) is 0. The Bertz CT molecular complexity index is 774. The molecule has 0 N–H and O–H groups in total. The lowest BCUT2D eigenvalue weighted by molar-refractivity contribution is 0.0275. The third kappa shape index (κ3) is 3.17. The highest BCUT2D eigenvalue weighted by atomic mass is 16.6. The number of fused-ring (bicyclic) bond motifs is 1. The number of nitrogens with zero attached hydrogens (tertiary/aromatic N) is 1. The molecule has 0 radical (unpaired) electrons.